The second kappa shape index (κ2) is 8.22. The van der Waals surface area contributed by atoms with Crippen LogP contribution in [0.5, 0.6) is 0 Å². The molecule has 1 unspecified atom stereocenters. The van der Waals surface area contributed by atoms with Crippen molar-refractivity contribution in [3.63, 3.8) is 0 Å². The van der Waals surface area contributed by atoms with Crippen LogP contribution in [0.2, 0.25) is 0 Å². The van der Waals surface area contributed by atoms with Crippen LogP contribution in [0.15, 0.2) is 18.2 Å². The molecule has 1 aromatic carbocycles. The number of ether oxygens (including phenoxy) is 1. The molecule has 0 fully saturated rings. The molecule has 0 heterocycles. The highest BCUT2D eigenvalue weighted by Gasteiger charge is 2.13. The van der Waals surface area contributed by atoms with Gasteiger partial charge in [-0.2, -0.15) is 0 Å². The Morgan fingerprint density at radius 3 is 2.67 bits per heavy atom. The molecular formula is C15H24FNO. The largest absolute Gasteiger partial charge is 0.379 e. The van der Waals surface area contributed by atoms with E-state index in [0.29, 0.717) is 6.61 Å². The number of hydrogen-bond acceptors (Lipinski definition) is 2. The van der Waals surface area contributed by atoms with Crippen LogP contribution in [0.3, 0.4) is 0 Å². The zero-order valence-corrected chi connectivity index (χ0v) is 11.6. The fourth-order valence-electron chi connectivity index (χ4n) is 1.95. The number of aryl methyl sites for hydroxylation is 1. The van der Waals surface area contributed by atoms with E-state index in [0.717, 1.165) is 37.1 Å². The quantitative estimate of drug-likeness (QED) is 0.715. The number of benzene rings is 1. The van der Waals surface area contributed by atoms with Gasteiger partial charge in [0.25, 0.3) is 0 Å². The molecule has 1 atom stereocenters. The van der Waals surface area contributed by atoms with Crippen LogP contribution in [0.25, 0.3) is 0 Å². The van der Waals surface area contributed by atoms with Crippen LogP contribution < -0.4 is 5.32 Å². The summed E-state index contributed by atoms with van der Waals surface area (Å²) >= 11 is 0. The molecule has 0 aliphatic carbocycles. The van der Waals surface area contributed by atoms with Gasteiger partial charge in [0.05, 0.1) is 12.6 Å². The Hall–Kier alpha value is -0.930. The van der Waals surface area contributed by atoms with Crippen LogP contribution in [0.4, 0.5) is 4.39 Å². The second-order valence-electron chi connectivity index (χ2n) is 4.58. The van der Waals surface area contributed by atoms with E-state index in [1.807, 2.05) is 13.0 Å². The van der Waals surface area contributed by atoms with E-state index in [2.05, 4.69) is 19.2 Å². The van der Waals surface area contributed by atoms with Gasteiger partial charge in [0.15, 0.2) is 0 Å². The van der Waals surface area contributed by atoms with Gasteiger partial charge in [-0.15, -0.1) is 0 Å². The molecule has 2 nitrogen and oxygen atoms in total. The molecule has 0 aliphatic heterocycles. The number of hydrogen-bond donors (Lipinski definition) is 1. The van der Waals surface area contributed by atoms with Gasteiger partial charge in [-0.3, -0.25) is 0 Å². The summed E-state index contributed by atoms with van der Waals surface area (Å²) in [4.78, 5) is 0. The van der Waals surface area contributed by atoms with Crippen LogP contribution in [-0.4, -0.2) is 19.8 Å². The van der Waals surface area contributed by atoms with Crippen LogP contribution in [0, 0.1) is 12.7 Å². The van der Waals surface area contributed by atoms with Crippen molar-refractivity contribution in [1.29, 1.82) is 0 Å². The molecule has 18 heavy (non-hydrogen) atoms. The molecule has 0 saturated heterocycles. The molecule has 0 radical (unpaired) electrons. The minimum atomic E-state index is -0.181. The normalized spacial score (nSPS) is 12.7. The molecule has 0 saturated carbocycles. The molecule has 0 amide bonds. The molecule has 0 bridgehead atoms. The molecule has 0 spiro atoms. The van der Waals surface area contributed by atoms with Crippen LogP contribution in [0.1, 0.15) is 43.9 Å². The SMILES string of the molecule is CCCNC(COCCC)c1ccc(F)cc1C. The van der Waals surface area contributed by atoms with Gasteiger partial charge in [-0.25, -0.2) is 4.39 Å². The van der Waals surface area contributed by atoms with E-state index >= 15 is 0 Å². The first-order valence-electron chi connectivity index (χ1n) is 6.76. The minimum Gasteiger partial charge on any atom is -0.379 e. The zero-order valence-electron chi connectivity index (χ0n) is 11.6. The first-order chi connectivity index (χ1) is 8.69. The second-order valence-corrected chi connectivity index (χ2v) is 4.58. The maximum atomic E-state index is 13.1. The van der Waals surface area contributed by atoms with Crippen LogP contribution in [-0.2, 0) is 4.74 Å². The maximum absolute atomic E-state index is 13.1. The van der Waals surface area contributed by atoms with Gasteiger partial charge in [0.1, 0.15) is 5.82 Å². The summed E-state index contributed by atoms with van der Waals surface area (Å²) in [6.45, 7) is 8.52. The minimum absolute atomic E-state index is 0.150. The van der Waals surface area contributed by atoms with E-state index in [1.54, 1.807) is 6.07 Å². The summed E-state index contributed by atoms with van der Waals surface area (Å²) in [7, 11) is 0. The Bertz CT molecular complexity index is 354. The number of nitrogens with one attached hydrogen (secondary N) is 1. The summed E-state index contributed by atoms with van der Waals surface area (Å²) in [6.07, 6.45) is 2.09. The molecular weight excluding hydrogens is 229 g/mol. The van der Waals surface area contributed by atoms with Gasteiger partial charge >= 0.3 is 0 Å². The van der Waals surface area contributed by atoms with Crippen molar-refractivity contribution in [2.24, 2.45) is 0 Å². The predicted molar refractivity (Wildman–Crippen MR) is 73.3 cm³/mol. The summed E-state index contributed by atoms with van der Waals surface area (Å²) in [6, 6.07) is 5.10. The maximum Gasteiger partial charge on any atom is 0.123 e. The van der Waals surface area contributed by atoms with Crippen molar-refractivity contribution in [3.05, 3.63) is 35.1 Å². The fourth-order valence-corrected chi connectivity index (χ4v) is 1.95. The van der Waals surface area contributed by atoms with E-state index in [4.69, 9.17) is 4.74 Å². The van der Waals surface area contributed by atoms with Gasteiger partial charge in [-0.1, -0.05) is 19.9 Å². The summed E-state index contributed by atoms with van der Waals surface area (Å²) < 4.78 is 18.7. The Kier molecular flexibility index (Phi) is 6.91. The number of rotatable bonds is 8. The van der Waals surface area contributed by atoms with E-state index in [-0.39, 0.29) is 11.9 Å². The third-order valence-corrected chi connectivity index (χ3v) is 2.88. The van der Waals surface area contributed by atoms with Gasteiger partial charge < -0.3 is 10.1 Å². The van der Waals surface area contributed by atoms with E-state index < -0.39 is 0 Å². The molecule has 1 N–H and O–H groups in total. The standard InChI is InChI=1S/C15H24FNO/c1-4-8-17-15(11-18-9-5-2)14-7-6-13(16)10-12(14)3/h6-7,10,15,17H,4-5,8-9,11H2,1-3H3. The molecule has 0 aliphatic rings. The summed E-state index contributed by atoms with van der Waals surface area (Å²) in [5.74, 6) is -0.181. The van der Waals surface area contributed by atoms with E-state index in [1.165, 1.54) is 6.07 Å². The van der Waals surface area contributed by atoms with Gasteiger partial charge in [0.2, 0.25) is 0 Å². The van der Waals surface area contributed by atoms with Crippen molar-refractivity contribution in [2.75, 3.05) is 19.8 Å². The van der Waals surface area contributed by atoms with Crippen molar-refractivity contribution in [3.8, 4) is 0 Å². The Morgan fingerprint density at radius 2 is 2.06 bits per heavy atom. The lowest BCUT2D eigenvalue weighted by molar-refractivity contribution is 0.112. The topological polar surface area (TPSA) is 21.3 Å². The first kappa shape index (κ1) is 15.1. The van der Waals surface area contributed by atoms with Crippen LogP contribution >= 0.6 is 0 Å². The Balaban J connectivity index is 2.73. The molecule has 102 valence electrons. The fraction of sp³-hybridized carbons (Fsp3) is 0.600. The first-order valence-corrected chi connectivity index (χ1v) is 6.76. The monoisotopic (exact) mass is 253 g/mol. The third-order valence-electron chi connectivity index (χ3n) is 2.88. The highest BCUT2D eigenvalue weighted by molar-refractivity contribution is 5.29. The average molecular weight is 253 g/mol. The van der Waals surface area contributed by atoms with Gasteiger partial charge in [0, 0.05) is 6.61 Å². The van der Waals surface area contributed by atoms with E-state index in [9.17, 15) is 4.39 Å². The Morgan fingerprint density at radius 1 is 1.28 bits per heavy atom. The average Bonchev–Trinajstić information content (AvgIpc) is 2.34. The van der Waals surface area contributed by atoms with Crippen molar-refractivity contribution < 1.29 is 9.13 Å². The third kappa shape index (κ3) is 4.75. The smallest absolute Gasteiger partial charge is 0.123 e. The summed E-state index contributed by atoms with van der Waals surface area (Å²) in [5.41, 5.74) is 2.10. The highest BCUT2D eigenvalue weighted by atomic mass is 19.1. The predicted octanol–water partition coefficient (Wildman–Crippen LogP) is 3.60. The highest BCUT2D eigenvalue weighted by Crippen LogP contribution is 2.19. The molecule has 0 aromatic heterocycles. The lowest BCUT2D eigenvalue weighted by atomic mass is 10.0. The van der Waals surface area contributed by atoms with Crippen molar-refractivity contribution in [2.45, 2.75) is 39.7 Å². The number of halogens is 1. The molecule has 1 rings (SSSR count). The summed E-state index contributed by atoms with van der Waals surface area (Å²) in [5, 5.41) is 3.46. The van der Waals surface area contributed by atoms with Gasteiger partial charge in [-0.05, 0) is 49.6 Å². The lowest BCUT2D eigenvalue weighted by Crippen LogP contribution is -2.27. The Labute approximate surface area is 110 Å². The molecule has 1 aromatic rings. The molecule has 3 heteroatoms. The van der Waals surface area contributed by atoms with Crippen molar-refractivity contribution in [1.82, 2.24) is 5.32 Å². The van der Waals surface area contributed by atoms with Crippen molar-refractivity contribution >= 4 is 0 Å². The lowest BCUT2D eigenvalue weighted by Gasteiger charge is -2.21. The zero-order chi connectivity index (χ0) is 13.4.